The van der Waals surface area contributed by atoms with Crippen LogP contribution in [0.3, 0.4) is 0 Å². The summed E-state index contributed by atoms with van der Waals surface area (Å²) in [5.41, 5.74) is 1.36. The summed E-state index contributed by atoms with van der Waals surface area (Å²) in [5.74, 6) is -0.501. The Morgan fingerprint density at radius 1 is 1.57 bits per heavy atom. The molecule has 1 N–H and O–H groups in total. The SMILES string of the molecule is CNc1ccc(C#N)c(C(=O)OC)c1. The lowest BCUT2D eigenvalue weighted by Gasteiger charge is -2.04. The van der Waals surface area contributed by atoms with E-state index in [-0.39, 0.29) is 5.56 Å². The van der Waals surface area contributed by atoms with Crippen molar-refractivity contribution in [2.24, 2.45) is 0 Å². The van der Waals surface area contributed by atoms with E-state index in [1.807, 2.05) is 6.07 Å². The number of anilines is 1. The molecule has 72 valence electrons. The van der Waals surface area contributed by atoms with E-state index < -0.39 is 5.97 Å². The Labute approximate surface area is 82.1 Å². The van der Waals surface area contributed by atoms with Crippen LogP contribution >= 0.6 is 0 Å². The van der Waals surface area contributed by atoms with Crippen molar-refractivity contribution in [3.63, 3.8) is 0 Å². The van der Waals surface area contributed by atoms with Gasteiger partial charge in [-0.1, -0.05) is 0 Å². The monoisotopic (exact) mass is 190 g/mol. The van der Waals surface area contributed by atoms with Gasteiger partial charge in [0, 0.05) is 12.7 Å². The van der Waals surface area contributed by atoms with E-state index in [0.29, 0.717) is 5.56 Å². The summed E-state index contributed by atoms with van der Waals surface area (Å²) in [4.78, 5) is 11.3. The Morgan fingerprint density at radius 3 is 2.79 bits per heavy atom. The Balaban J connectivity index is 3.23. The van der Waals surface area contributed by atoms with Crippen molar-refractivity contribution in [1.29, 1.82) is 5.26 Å². The second kappa shape index (κ2) is 4.28. The van der Waals surface area contributed by atoms with Crippen LogP contribution in [0, 0.1) is 11.3 Å². The van der Waals surface area contributed by atoms with Gasteiger partial charge < -0.3 is 10.1 Å². The lowest BCUT2D eigenvalue weighted by molar-refractivity contribution is 0.0600. The van der Waals surface area contributed by atoms with Crippen molar-refractivity contribution < 1.29 is 9.53 Å². The molecule has 14 heavy (non-hydrogen) atoms. The number of carbonyl (C=O) groups excluding carboxylic acids is 1. The maximum absolute atomic E-state index is 11.3. The number of hydrogen-bond donors (Lipinski definition) is 1. The third-order valence-corrected chi connectivity index (χ3v) is 1.83. The van der Waals surface area contributed by atoms with Crippen molar-refractivity contribution >= 4 is 11.7 Å². The average molecular weight is 190 g/mol. The van der Waals surface area contributed by atoms with Gasteiger partial charge in [-0.05, 0) is 18.2 Å². The van der Waals surface area contributed by atoms with Crippen LogP contribution in [0.1, 0.15) is 15.9 Å². The van der Waals surface area contributed by atoms with Gasteiger partial charge in [-0.2, -0.15) is 5.26 Å². The smallest absolute Gasteiger partial charge is 0.339 e. The highest BCUT2D eigenvalue weighted by Gasteiger charge is 2.11. The van der Waals surface area contributed by atoms with Crippen LogP contribution in [0.5, 0.6) is 0 Å². The Kier molecular flexibility index (Phi) is 3.08. The first-order valence-electron chi connectivity index (χ1n) is 4.03. The first-order valence-corrected chi connectivity index (χ1v) is 4.03. The Morgan fingerprint density at radius 2 is 2.29 bits per heavy atom. The molecule has 0 atom stereocenters. The van der Waals surface area contributed by atoms with E-state index in [4.69, 9.17) is 5.26 Å². The van der Waals surface area contributed by atoms with Crippen molar-refractivity contribution in [2.75, 3.05) is 19.5 Å². The van der Waals surface area contributed by atoms with Gasteiger partial charge in [-0.25, -0.2) is 4.79 Å². The van der Waals surface area contributed by atoms with Gasteiger partial charge in [-0.15, -0.1) is 0 Å². The quantitative estimate of drug-likeness (QED) is 0.716. The van der Waals surface area contributed by atoms with Crippen LogP contribution in [-0.2, 0) is 4.74 Å². The largest absolute Gasteiger partial charge is 0.465 e. The zero-order chi connectivity index (χ0) is 10.6. The Bertz CT molecular complexity index is 394. The lowest BCUT2D eigenvalue weighted by atomic mass is 10.1. The van der Waals surface area contributed by atoms with Gasteiger partial charge in [0.15, 0.2) is 0 Å². The molecular weight excluding hydrogens is 180 g/mol. The fourth-order valence-electron chi connectivity index (χ4n) is 1.08. The van der Waals surface area contributed by atoms with E-state index in [1.165, 1.54) is 7.11 Å². The maximum atomic E-state index is 11.3. The van der Waals surface area contributed by atoms with E-state index in [1.54, 1.807) is 25.2 Å². The molecule has 0 radical (unpaired) electrons. The fraction of sp³-hybridized carbons (Fsp3) is 0.200. The number of nitrogens with one attached hydrogen (secondary N) is 1. The number of nitrogens with zero attached hydrogens (tertiary/aromatic N) is 1. The molecule has 0 aromatic heterocycles. The minimum absolute atomic E-state index is 0.279. The second-order valence-corrected chi connectivity index (χ2v) is 2.61. The van der Waals surface area contributed by atoms with Crippen molar-refractivity contribution in [2.45, 2.75) is 0 Å². The van der Waals surface area contributed by atoms with Crippen molar-refractivity contribution in [1.82, 2.24) is 0 Å². The van der Waals surface area contributed by atoms with Gasteiger partial charge in [0.2, 0.25) is 0 Å². The van der Waals surface area contributed by atoms with Crippen LogP contribution in [-0.4, -0.2) is 20.1 Å². The molecule has 1 aromatic rings. The highest BCUT2D eigenvalue weighted by Crippen LogP contribution is 2.15. The molecule has 0 saturated carbocycles. The predicted molar refractivity (Wildman–Crippen MR) is 52.0 cm³/mol. The molecule has 4 nitrogen and oxygen atoms in total. The van der Waals surface area contributed by atoms with Crippen LogP contribution < -0.4 is 5.32 Å². The summed E-state index contributed by atoms with van der Waals surface area (Å²) >= 11 is 0. The van der Waals surface area contributed by atoms with E-state index >= 15 is 0 Å². The average Bonchev–Trinajstić information content (AvgIpc) is 2.27. The Hall–Kier alpha value is -2.02. The molecule has 0 unspecified atom stereocenters. The summed E-state index contributed by atoms with van der Waals surface area (Å²) in [6, 6.07) is 6.83. The van der Waals surface area contributed by atoms with Gasteiger partial charge in [0.25, 0.3) is 0 Å². The molecule has 0 saturated heterocycles. The zero-order valence-corrected chi connectivity index (χ0v) is 8.00. The molecule has 0 bridgehead atoms. The number of benzene rings is 1. The van der Waals surface area contributed by atoms with Crippen molar-refractivity contribution in [3.8, 4) is 6.07 Å². The summed E-state index contributed by atoms with van der Waals surface area (Å²) in [6.45, 7) is 0. The summed E-state index contributed by atoms with van der Waals surface area (Å²) in [5, 5.41) is 11.6. The fourth-order valence-corrected chi connectivity index (χ4v) is 1.08. The summed E-state index contributed by atoms with van der Waals surface area (Å²) in [7, 11) is 3.03. The minimum atomic E-state index is -0.501. The molecule has 0 spiro atoms. The van der Waals surface area contributed by atoms with Gasteiger partial charge in [0.1, 0.15) is 6.07 Å². The van der Waals surface area contributed by atoms with E-state index in [2.05, 4.69) is 10.1 Å². The summed E-state index contributed by atoms with van der Waals surface area (Å²) < 4.78 is 4.56. The summed E-state index contributed by atoms with van der Waals surface area (Å²) in [6.07, 6.45) is 0. The number of rotatable bonds is 2. The van der Waals surface area contributed by atoms with Crippen LogP contribution in [0.15, 0.2) is 18.2 Å². The molecular formula is C10H10N2O2. The normalized spacial score (nSPS) is 8.93. The number of carbonyl (C=O) groups is 1. The lowest BCUT2D eigenvalue weighted by Crippen LogP contribution is -2.05. The minimum Gasteiger partial charge on any atom is -0.465 e. The highest BCUT2D eigenvalue weighted by atomic mass is 16.5. The maximum Gasteiger partial charge on any atom is 0.339 e. The second-order valence-electron chi connectivity index (χ2n) is 2.61. The topological polar surface area (TPSA) is 62.1 Å². The predicted octanol–water partition coefficient (Wildman–Crippen LogP) is 1.39. The van der Waals surface area contributed by atoms with E-state index in [0.717, 1.165) is 5.69 Å². The first kappa shape index (κ1) is 10.1. The number of ether oxygens (including phenoxy) is 1. The molecule has 0 aliphatic heterocycles. The number of esters is 1. The van der Waals surface area contributed by atoms with Crippen LogP contribution in [0.4, 0.5) is 5.69 Å². The third-order valence-electron chi connectivity index (χ3n) is 1.83. The molecule has 0 amide bonds. The highest BCUT2D eigenvalue weighted by molar-refractivity contribution is 5.93. The standard InChI is InChI=1S/C10H10N2O2/c1-12-8-4-3-7(6-11)9(5-8)10(13)14-2/h3-5,12H,1-2H3. The van der Waals surface area contributed by atoms with Gasteiger partial charge in [-0.3, -0.25) is 0 Å². The van der Waals surface area contributed by atoms with Crippen molar-refractivity contribution in [3.05, 3.63) is 29.3 Å². The number of hydrogen-bond acceptors (Lipinski definition) is 4. The number of methoxy groups -OCH3 is 1. The molecule has 4 heteroatoms. The van der Waals surface area contributed by atoms with Gasteiger partial charge in [0.05, 0.1) is 18.2 Å². The molecule has 0 fully saturated rings. The van der Waals surface area contributed by atoms with Gasteiger partial charge >= 0.3 is 5.97 Å². The van der Waals surface area contributed by atoms with Crippen LogP contribution in [0.25, 0.3) is 0 Å². The zero-order valence-electron chi connectivity index (χ0n) is 8.00. The third kappa shape index (κ3) is 1.83. The first-order chi connectivity index (χ1) is 6.72. The molecule has 1 aromatic carbocycles. The molecule has 1 rings (SSSR count). The number of nitriles is 1. The molecule has 0 aliphatic carbocycles. The van der Waals surface area contributed by atoms with E-state index in [9.17, 15) is 4.79 Å². The molecule has 0 heterocycles. The molecule has 0 aliphatic rings. The van der Waals surface area contributed by atoms with Crippen LogP contribution in [0.2, 0.25) is 0 Å².